The Bertz CT molecular complexity index is 898. The van der Waals surface area contributed by atoms with Gasteiger partial charge in [0.1, 0.15) is 6.61 Å². The summed E-state index contributed by atoms with van der Waals surface area (Å²) in [6, 6.07) is 16.1. The van der Waals surface area contributed by atoms with Crippen molar-refractivity contribution in [2.75, 3.05) is 13.2 Å². The first kappa shape index (κ1) is 22.3. The van der Waals surface area contributed by atoms with Gasteiger partial charge in [0.2, 0.25) is 5.91 Å². The molecule has 0 saturated heterocycles. The largest absolute Gasteiger partial charge is 0.481 e. The minimum atomic E-state index is -0.842. The van der Waals surface area contributed by atoms with Crippen LogP contribution in [-0.2, 0) is 14.3 Å². The van der Waals surface area contributed by atoms with Crippen LogP contribution in [0.5, 0.6) is 0 Å². The predicted molar refractivity (Wildman–Crippen MR) is 117 cm³/mol. The maximum atomic E-state index is 12.1. The highest BCUT2D eigenvalue weighted by Gasteiger charge is 2.28. The summed E-state index contributed by atoms with van der Waals surface area (Å²) >= 11 is 0. The maximum absolute atomic E-state index is 12.1. The summed E-state index contributed by atoms with van der Waals surface area (Å²) in [6.07, 6.45) is 0.771. The fraction of sp³-hybridized carbons (Fsp3) is 0.375. The number of hydrogen-bond acceptors (Lipinski definition) is 4. The van der Waals surface area contributed by atoms with Gasteiger partial charge in [0, 0.05) is 31.3 Å². The molecule has 2 aromatic rings. The van der Waals surface area contributed by atoms with E-state index in [9.17, 15) is 14.4 Å². The summed E-state index contributed by atoms with van der Waals surface area (Å²) < 4.78 is 5.44. The molecule has 0 aromatic heterocycles. The smallest absolute Gasteiger partial charge is 0.407 e. The molecule has 3 N–H and O–H groups in total. The highest BCUT2D eigenvalue weighted by atomic mass is 16.5. The van der Waals surface area contributed by atoms with Crippen LogP contribution >= 0.6 is 0 Å². The Morgan fingerprint density at radius 3 is 2.23 bits per heavy atom. The second kappa shape index (κ2) is 10.6. The second-order valence-corrected chi connectivity index (χ2v) is 7.76. The van der Waals surface area contributed by atoms with Gasteiger partial charge in [-0.15, -0.1) is 0 Å². The molecule has 1 atom stereocenters. The number of carbonyl (C=O) groups is 3. The van der Waals surface area contributed by atoms with Crippen molar-refractivity contribution in [2.45, 2.75) is 44.6 Å². The zero-order valence-corrected chi connectivity index (χ0v) is 17.6. The van der Waals surface area contributed by atoms with E-state index >= 15 is 0 Å². The van der Waals surface area contributed by atoms with Gasteiger partial charge in [0.05, 0.1) is 0 Å². The van der Waals surface area contributed by atoms with Crippen LogP contribution in [0.2, 0.25) is 0 Å². The second-order valence-electron chi connectivity index (χ2n) is 7.76. The lowest BCUT2D eigenvalue weighted by atomic mass is 9.98. The topological polar surface area (TPSA) is 105 Å². The molecular formula is C24H28N2O5. The molecule has 7 heteroatoms. The SMILES string of the molecule is CC(CCCC(=O)O)NC(=O)CCNC(=O)OCC1c2ccccc2-c2ccccc21. The van der Waals surface area contributed by atoms with Crippen molar-refractivity contribution in [1.29, 1.82) is 0 Å². The number of aliphatic carboxylic acids is 1. The molecule has 0 bridgehead atoms. The molecule has 0 radical (unpaired) electrons. The highest BCUT2D eigenvalue weighted by molar-refractivity contribution is 5.79. The minimum absolute atomic E-state index is 0.00639. The normalized spacial score (nSPS) is 13.1. The molecule has 7 nitrogen and oxygen atoms in total. The number of fused-ring (bicyclic) bond motifs is 3. The van der Waals surface area contributed by atoms with Gasteiger partial charge in [-0.3, -0.25) is 9.59 Å². The van der Waals surface area contributed by atoms with Gasteiger partial charge in [0.15, 0.2) is 0 Å². The molecule has 0 saturated carbocycles. The van der Waals surface area contributed by atoms with E-state index in [1.807, 2.05) is 31.2 Å². The lowest BCUT2D eigenvalue weighted by Crippen LogP contribution is -2.36. The number of hydrogen-bond donors (Lipinski definition) is 3. The zero-order valence-electron chi connectivity index (χ0n) is 17.6. The van der Waals surface area contributed by atoms with Crippen LogP contribution in [-0.4, -0.2) is 42.3 Å². The number of rotatable bonds is 10. The van der Waals surface area contributed by atoms with E-state index in [-0.39, 0.29) is 43.9 Å². The van der Waals surface area contributed by atoms with Gasteiger partial charge in [-0.25, -0.2) is 4.79 Å². The standard InChI is InChI=1S/C24H28N2O5/c1-16(7-6-12-23(28)29)26-22(27)13-14-25-24(30)31-15-21-19-10-4-2-8-17(19)18-9-3-5-11-20(18)21/h2-5,8-11,16,21H,6-7,12-15H2,1H3,(H,25,30)(H,26,27)(H,28,29). The monoisotopic (exact) mass is 424 g/mol. The number of ether oxygens (including phenoxy) is 1. The molecular weight excluding hydrogens is 396 g/mol. The average Bonchev–Trinajstić information content (AvgIpc) is 3.06. The summed E-state index contributed by atoms with van der Waals surface area (Å²) in [5.74, 6) is -1.04. The number of nitrogens with one attached hydrogen (secondary N) is 2. The van der Waals surface area contributed by atoms with Crippen LogP contribution < -0.4 is 10.6 Å². The summed E-state index contributed by atoms with van der Waals surface area (Å²) in [6.45, 7) is 2.23. The molecule has 0 fully saturated rings. The van der Waals surface area contributed by atoms with Crippen molar-refractivity contribution in [2.24, 2.45) is 0 Å². The first-order valence-corrected chi connectivity index (χ1v) is 10.6. The molecule has 1 aliphatic carbocycles. The van der Waals surface area contributed by atoms with Crippen molar-refractivity contribution >= 4 is 18.0 Å². The Balaban J connectivity index is 1.40. The average molecular weight is 424 g/mol. The van der Waals surface area contributed by atoms with Crippen molar-refractivity contribution < 1.29 is 24.2 Å². The molecule has 2 amide bonds. The minimum Gasteiger partial charge on any atom is -0.481 e. The van der Waals surface area contributed by atoms with Crippen LogP contribution in [0.4, 0.5) is 4.79 Å². The number of amides is 2. The summed E-state index contributed by atoms with van der Waals surface area (Å²) in [7, 11) is 0. The molecule has 1 unspecified atom stereocenters. The van der Waals surface area contributed by atoms with Crippen molar-refractivity contribution in [1.82, 2.24) is 10.6 Å². The quantitative estimate of drug-likeness (QED) is 0.540. The van der Waals surface area contributed by atoms with Crippen LogP contribution in [0, 0.1) is 0 Å². The number of alkyl carbamates (subject to hydrolysis) is 1. The van der Waals surface area contributed by atoms with Gasteiger partial charge in [-0.05, 0) is 42.0 Å². The molecule has 1 aliphatic rings. The van der Waals surface area contributed by atoms with Crippen molar-refractivity contribution in [3.05, 3.63) is 59.7 Å². The third-order valence-electron chi connectivity index (χ3n) is 5.40. The first-order valence-electron chi connectivity index (χ1n) is 10.6. The van der Waals surface area contributed by atoms with E-state index in [4.69, 9.17) is 9.84 Å². The van der Waals surface area contributed by atoms with Gasteiger partial charge in [-0.2, -0.15) is 0 Å². The maximum Gasteiger partial charge on any atom is 0.407 e. The molecule has 0 heterocycles. The summed E-state index contributed by atoms with van der Waals surface area (Å²) in [5, 5.41) is 14.1. The third-order valence-corrected chi connectivity index (χ3v) is 5.40. The third kappa shape index (κ3) is 6.07. The molecule has 0 aliphatic heterocycles. The fourth-order valence-corrected chi connectivity index (χ4v) is 3.91. The summed E-state index contributed by atoms with van der Waals surface area (Å²) in [5.41, 5.74) is 4.63. The number of carbonyl (C=O) groups excluding carboxylic acids is 2. The van der Waals surface area contributed by atoms with Crippen molar-refractivity contribution in [3.63, 3.8) is 0 Å². The molecule has 31 heavy (non-hydrogen) atoms. The Kier molecular flexibility index (Phi) is 7.65. The highest BCUT2D eigenvalue weighted by Crippen LogP contribution is 2.44. The lowest BCUT2D eigenvalue weighted by Gasteiger charge is -2.15. The molecule has 2 aromatic carbocycles. The van der Waals surface area contributed by atoms with Gasteiger partial charge in [0.25, 0.3) is 0 Å². The van der Waals surface area contributed by atoms with Crippen LogP contribution in [0.1, 0.15) is 49.7 Å². The predicted octanol–water partition coefficient (Wildman–Crippen LogP) is 3.67. The van der Waals surface area contributed by atoms with Crippen LogP contribution in [0.25, 0.3) is 11.1 Å². The molecule has 0 spiro atoms. The van der Waals surface area contributed by atoms with Gasteiger partial charge >= 0.3 is 12.1 Å². The van der Waals surface area contributed by atoms with E-state index in [0.717, 1.165) is 11.1 Å². The lowest BCUT2D eigenvalue weighted by molar-refractivity contribution is -0.137. The van der Waals surface area contributed by atoms with Gasteiger partial charge in [-0.1, -0.05) is 48.5 Å². The van der Waals surface area contributed by atoms with E-state index in [2.05, 4.69) is 34.9 Å². The van der Waals surface area contributed by atoms with E-state index in [1.54, 1.807) is 0 Å². The van der Waals surface area contributed by atoms with E-state index < -0.39 is 12.1 Å². The number of carboxylic acids is 1. The van der Waals surface area contributed by atoms with Crippen molar-refractivity contribution in [3.8, 4) is 11.1 Å². The molecule has 3 rings (SSSR count). The van der Waals surface area contributed by atoms with Crippen LogP contribution in [0.3, 0.4) is 0 Å². The Morgan fingerprint density at radius 1 is 1.00 bits per heavy atom. The van der Waals surface area contributed by atoms with E-state index in [1.165, 1.54) is 11.1 Å². The van der Waals surface area contributed by atoms with E-state index in [0.29, 0.717) is 12.8 Å². The Hall–Kier alpha value is -3.35. The fourth-order valence-electron chi connectivity index (χ4n) is 3.91. The van der Waals surface area contributed by atoms with Crippen LogP contribution in [0.15, 0.2) is 48.5 Å². The van der Waals surface area contributed by atoms with Gasteiger partial charge < -0.3 is 20.5 Å². The number of benzene rings is 2. The summed E-state index contributed by atoms with van der Waals surface area (Å²) in [4.78, 5) is 34.6. The first-order chi connectivity index (χ1) is 15.0. The zero-order chi connectivity index (χ0) is 22.2. The number of carboxylic acid groups (broad SMARTS) is 1. The Labute approximate surface area is 181 Å². The molecule has 164 valence electrons. The Morgan fingerprint density at radius 2 is 1.61 bits per heavy atom.